The Kier molecular flexibility index (Phi) is 8.22. The molecule has 0 spiro atoms. The number of thiophene rings is 1. The van der Waals surface area contributed by atoms with Crippen LogP contribution in [0.1, 0.15) is 100 Å². The summed E-state index contributed by atoms with van der Waals surface area (Å²) < 4.78 is 33.6. The zero-order chi connectivity index (χ0) is 32.8. The van der Waals surface area contributed by atoms with Crippen LogP contribution in [-0.4, -0.2) is 72.0 Å². The molecule has 3 N–H and O–H groups in total. The van der Waals surface area contributed by atoms with E-state index in [1.165, 1.54) is 4.88 Å². The highest BCUT2D eigenvalue weighted by atomic mass is 32.1. The Morgan fingerprint density at radius 2 is 1.78 bits per heavy atom. The third kappa shape index (κ3) is 5.79. The summed E-state index contributed by atoms with van der Waals surface area (Å²) in [4.78, 5) is 62.9. The van der Waals surface area contributed by atoms with Crippen LogP contribution >= 0.6 is 11.3 Å². The molecule has 2 saturated carbocycles. The number of rotatable bonds is 7. The molecule has 1 saturated heterocycles. The topological polar surface area (TPSA) is 176 Å². The van der Waals surface area contributed by atoms with E-state index in [1.54, 1.807) is 23.5 Å². The van der Waals surface area contributed by atoms with Crippen molar-refractivity contribution in [3.8, 4) is 0 Å². The number of hydrogen-bond acceptors (Lipinski definition) is 10. The van der Waals surface area contributed by atoms with Crippen LogP contribution < -0.4 is 10.6 Å². The lowest BCUT2D eigenvalue weighted by atomic mass is 9.95. The number of carbonyl (C=O) groups is 5. The molecule has 3 aromatic rings. The first kappa shape index (κ1) is 31.5. The van der Waals surface area contributed by atoms with Gasteiger partial charge in [0.15, 0.2) is 5.82 Å². The lowest BCUT2D eigenvalue weighted by Gasteiger charge is -2.28. The smallest absolute Gasteiger partial charge is 0.475 e. The van der Waals surface area contributed by atoms with Crippen LogP contribution in [0.25, 0.3) is 0 Å². The minimum atomic E-state index is -5.08. The fourth-order valence-corrected chi connectivity index (χ4v) is 7.23. The van der Waals surface area contributed by atoms with Gasteiger partial charge in [-0.1, -0.05) is 31.0 Å². The van der Waals surface area contributed by atoms with Gasteiger partial charge in [0.1, 0.15) is 6.04 Å². The number of piperidine rings is 1. The first-order valence-corrected chi connectivity index (χ1v) is 15.5. The Morgan fingerprint density at radius 3 is 2.39 bits per heavy atom. The van der Waals surface area contributed by atoms with Crippen molar-refractivity contribution in [3.05, 3.63) is 63.1 Å². The Bertz CT molecular complexity index is 1700. The van der Waals surface area contributed by atoms with Gasteiger partial charge in [0, 0.05) is 11.3 Å². The van der Waals surface area contributed by atoms with Gasteiger partial charge in [-0.3, -0.25) is 34.7 Å². The number of aromatic nitrogens is 4. The fourth-order valence-electron chi connectivity index (χ4n) is 6.28. The summed E-state index contributed by atoms with van der Waals surface area (Å²) in [6, 6.07) is 7.94. The molecule has 2 atom stereocenters. The maximum atomic E-state index is 13.9. The summed E-state index contributed by atoms with van der Waals surface area (Å²) in [5.74, 6) is -4.24. The van der Waals surface area contributed by atoms with Crippen molar-refractivity contribution < 1.29 is 42.3 Å². The van der Waals surface area contributed by atoms with Gasteiger partial charge >= 0.3 is 12.1 Å². The molecule has 2 unspecified atom stereocenters. The second kappa shape index (κ2) is 12.0. The number of tetrazole rings is 1. The number of halogens is 3. The Balaban J connectivity index is 0.000000480. The molecular formula is C29H28F3N7O6S. The predicted molar refractivity (Wildman–Crippen MR) is 152 cm³/mol. The van der Waals surface area contributed by atoms with E-state index in [0.29, 0.717) is 11.4 Å². The van der Waals surface area contributed by atoms with E-state index in [2.05, 4.69) is 37.6 Å². The van der Waals surface area contributed by atoms with Crippen molar-refractivity contribution in [3.63, 3.8) is 0 Å². The Morgan fingerprint density at radius 1 is 1.07 bits per heavy atom. The van der Waals surface area contributed by atoms with Crippen molar-refractivity contribution >= 4 is 40.9 Å². The number of aliphatic carboxylic acids is 1. The minimum Gasteiger partial charge on any atom is -0.475 e. The molecule has 46 heavy (non-hydrogen) atoms. The van der Waals surface area contributed by atoms with Crippen molar-refractivity contribution in [2.24, 2.45) is 0 Å². The molecular weight excluding hydrogens is 631 g/mol. The summed E-state index contributed by atoms with van der Waals surface area (Å²) in [6.45, 7) is 0. The van der Waals surface area contributed by atoms with E-state index < -0.39 is 47.9 Å². The Labute approximate surface area is 263 Å². The molecule has 2 aromatic heterocycles. The summed E-state index contributed by atoms with van der Waals surface area (Å²) in [5.41, 5.74) is 0.836. The second-order valence-electron chi connectivity index (χ2n) is 11.6. The largest absolute Gasteiger partial charge is 0.490 e. The average molecular weight is 660 g/mol. The molecule has 0 radical (unpaired) electrons. The van der Waals surface area contributed by atoms with Crippen molar-refractivity contribution in [1.82, 2.24) is 35.7 Å². The molecule has 4 amide bonds. The highest BCUT2D eigenvalue weighted by molar-refractivity contribution is 7.10. The van der Waals surface area contributed by atoms with E-state index >= 15 is 0 Å². The lowest BCUT2D eigenvalue weighted by Crippen LogP contribution is -2.54. The number of amides is 4. The molecule has 17 heteroatoms. The minimum absolute atomic E-state index is 0.0698. The molecule has 3 fully saturated rings. The molecule has 2 aliphatic heterocycles. The summed E-state index contributed by atoms with van der Waals surface area (Å²) in [7, 11) is 0. The molecule has 4 aliphatic rings. The fraction of sp³-hybridized carbons (Fsp3) is 0.448. The number of imide groups is 2. The number of carboxylic acids is 1. The Hall–Kier alpha value is -4.51. The molecule has 242 valence electrons. The molecule has 1 aromatic carbocycles. The molecule has 7 rings (SSSR count). The summed E-state index contributed by atoms with van der Waals surface area (Å²) >= 11 is 1.68. The van der Waals surface area contributed by atoms with E-state index in [0.717, 1.165) is 43.4 Å². The summed E-state index contributed by atoms with van der Waals surface area (Å²) in [5, 5.41) is 28.1. The van der Waals surface area contributed by atoms with Crippen molar-refractivity contribution in [2.45, 2.75) is 81.2 Å². The maximum Gasteiger partial charge on any atom is 0.490 e. The standard InChI is InChI=1S/C27H27N7O4S.C2HF3O2/c35-20-11-10-18(24(36)28-20)33-25(37)17-8-3-7-16(21(17)26(33)38)22(29-27(12-13-27)19-9-4-14-39-19)23-30-31-32-34(23)15-5-1-2-6-15;3-2(4,5)1(6)7/h3-4,7-9,14-15,18,22,29H,1-2,5-6,10-13H2,(H,28,35,36);(H,6,7). The van der Waals surface area contributed by atoms with E-state index in [-0.39, 0.29) is 35.5 Å². The number of hydrogen-bond donors (Lipinski definition) is 3. The number of carboxylic acid groups (broad SMARTS) is 1. The van der Waals surface area contributed by atoms with Gasteiger partial charge in [0.2, 0.25) is 11.8 Å². The number of fused-ring (bicyclic) bond motifs is 1. The van der Waals surface area contributed by atoms with Gasteiger partial charge in [-0.2, -0.15) is 13.2 Å². The van der Waals surface area contributed by atoms with Crippen LogP contribution in [0.5, 0.6) is 0 Å². The third-order valence-electron chi connectivity index (χ3n) is 8.66. The predicted octanol–water partition coefficient (Wildman–Crippen LogP) is 3.25. The monoisotopic (exact) mass is 659 g/mol. The number of alkyl halides is 3. The van der Waals surface area contributed by atoms with Crippen LogP contribution in [-0.2, 0) is 19.9 Å². The second-order valence-corrected chi connectivity index (χ2v) is 12.5. The number of benzene rings is 1. The van der Waals surface area contributed by atoms with E-state index in [9.17, 15) is 32.3 Å². The van der Waals surface area contributed by atoms with E-state index in [4.69, 9.17) is 9.90 Å². The average Bonchev–Trinajstić information content (AvgIpc) is 3.55. The molecule has 2 aliphatic carbocycles. The van der Waals surface area contributed by atoms with E-state index in [1.807, 2.05) is 16.8 Å². The molecule has 0 bridgehead atoms. The van der Waals surface area contributed by atoms with Gasteiger partial charge in [0.05, 0.1) is 28.7 Å². The number of nitrogens with zero attached hydrogens (tertiary/aromatic N) is 5. The number of carbonyl (C=O) groups excluding carboxylic acids is 4. The van der Waals surface area contributed by atoms with Crippen LogP contribution in [0, 0.1) is 0 Å². The van der Waals surface area contributed by atoms with Crippen LogP contribution in [0.15, 0.2) is 35.7 Å². The van der Waals surface area contributed by atoms with Crippen LogP contribution in [0.2, 0.25) is 0 Å². The zero-order valence-electron chi connectivity index (χ0n) is 24.1. The van der Waals surface area contributed by atoms with Gasteiger partial charge in [-0.05, 0) is 65.6 Å². The van der Waals surface area contributed by atoms with Crippen molar-refractivity contribution in [1.29, 1.82) is 0 Å². The van der Waals surface area contributed by atoms with Gasteiger partial charge in [-0.25, -0.2) is 9.48 Å². The quantitative estimate of drug-likeness (QED) is 0.319. The first-order valence-electron chi connectivity index (χ1n) is 14.7. The molecule has 13 nitrogen and oxygen atoms in total. The molecule has 4 heterocycles. The summed E-state index contributed by atoms with van der Waals surface area (Å²) in [6.07, 6.45) is 1.13. The maximum absolute atomic E-state index is 13.9. The SMILES string of the molecule is O=C(O)C(F)(F)F.O=C1CCC(N2C(=O)c3cccc(C(NC4(c5cccs5)CC4)c4nnnn4C4CCCC4)c3C2=O)C(=O)N1. The van der Waals surface area contributed by atoms with Crippen LogP contribution in [0.4, 0.5) is 13.2 Å². The highest BCUT2D eigenvalue weighted by Gasteiger charge is 2.50. The highest BCUT2D eigenvalue weighted by Crippen LogP contribution is 2.50. The van der Waals surface area contributed by atoms with Crippen molar-refractivity contribution in [2.75, 3.05) is 0 Å². The normalized spacial score (nSPS) is 21.5. The lowest BCUT2D eigenvalue weighted by molar-refractivity contribution is -0.192. The van der Waals surface area contributed by atoms with Gasteiger partial charge in [-0.15, -0.1) is 16.4 Å². The zero-order valence-corrected chi connectivity index (χ0v) is 24.9. The first-order chi connectivity index (χ1) is 21.9. The third-order valence-corrected chi connectivity index (χ3v) is 9.74. The van der Waals surface area contributed by atoms with Crippen LogP contribution in [0.3, 0.4) is 0 Å². The number of nitrogens with one attached hydrogen (secondary N) is 2. The van der Waals surface area contributed by atoms with Gasteiger partial charge < -0.3 is 5.11 Å². The van der Waals surface area contributed by atoms with Gasteiger partial charge in [0.25, 0.3) is 11.8 Å².